The minimum atomic E-state index is -0.330. The number of imide groups is 1. The Balaban J connectivity index is 1.14. The van der Waals surface area contributed by atoms with Crippen molar-refractivity contribution in [2.75, 3.05) is 4.90 Å². The molecule has 1 N–H and O–H groups in total. The maximum absolute atomic E-state index is 12.8. The van der Waals surface area contributed by atoms with Crippen molar-refractivity contribution < 1.29 is 18.8 Å². The Labute approximate surface area is 225 Å². The summed E-state index contributed by atoms with van der Waals surface area (Å²) in [6, 6.07) is 23.0. The van der Waals surface area contributed by atoms with Crippen molar-refractivity contribution in [3.05, 3.63) is 107 Å². The number of thiazole rings is 1. The number of carbonyl (C=O) groups excluding carboxylic acids is 3. The summed E-state index contributed by atoms with van der Waals surface area (Å²) in [6.45, 7) is 1.86. The first kappa shape index (κ1) is 23.8. The van der Waals surface area contributed by atoms with Crippen molar-refractivity contribution in [2.24, 2.45) is 5.10 Å². The second-order valence-electron chi connectivity index (χ2n) is 8.40. The Morgan fingerprint density at radius 2 is 1.74 bits per heavy atom. The van der Waals surface area contributed by atoms with Crippen LogP contribution in [0.25, 0.3) is 10.2 Å². The lowest BCUT2D eigenvalue weighted by molar-refractivity contribution is 0.0922. The fourth-order valence-corrected chi connectivity index (χ4v) is 6.09. The van der Waals surface area contributed by atoms with E-state index in [1.54, 1.807) is 66.7 Å². The number of fused-ring (bicyclic) bond motifs is 2. The Kier molecular flexibility index (Phi) is 6.10. The maximum Gasteiger partial charge on any atom is 0.271 e. The molecule has 186 valence electrons. The van der Waals surface area contributed by atoms with Crippen molar-refractivity contribution in [1.29, 1.82) is 0 Å². The third-order valence-corrected chi connectivity index (χ3v) is 7.94. The maximum atomic E-state index is 12.8. The molecule has 6 rings (SSSR count). The average molecular weight is 539 g/mol. The van der Waals surface area contributed by atoms with Gasteiger partial charge in [-0.15, -0.1) is 11.3 Å². The lowest BCUT2D eigenvalue weighted by atomic mass is 10.1. The molecule has 2 aromatic heterocycles. The molecule has 0 fully saturated rings. The highest BCUT2D eigenvalue weighted by molar-refractivity contribution is 8.01. The fraction of sp³-hybridized carbons (Fsp3) is 0.0357. The van der Waals surface area contributed by atoms with Gasteiger partial charge in [0.2, 0.25) is 0 Å². The van der Waals surface area contributed by atoms with Gasteiger partial charge in [-0.05, 0) is 72.8 Å². The number of carbonyl (C=O) groups is 3. The number of benzene rings is 3. The number of hydrogen-bond acceptors (Lipinski definition) is 8. The minimum Gasteiger partial charge on any atom is -0.448 e. The van der Waals surface area contributed by atoms with E-state index < -0.39 is 0 Å². The highest BCUT2D eigenvalue weighted by Gasteiger charge is 2.36. The van der Waals surface area contributed by atoms with Crippen LogP contribution in [0.5, 0.6) is 0 Å². The molecule has 1 aliphatic rings. The topological polar surface area (TPSA) is 105 Å². The van der Waals surface area contributed by atoms with E-state index in [9.17, 15) is 14.4 Å². The first-order chi connectivity index (χ1) is 18.5. The van der Waals surface area contributed by atoms with Crippen LogP contribution in [0.1, 0.15) is 42.4 Å². The van der Waals surface area contributed by atoms with E-state index in [-0.39, 0.29) is 17.7 Å². The first-order valence-electron chi connectivity index (χ1n) is 11.5. The number of rotatable bonds is 6. The van der Waals surface area contributed by atoms with Crippen LogP contribution < -0.4 is 10.3 Å². The molecule has 1 aliphatic heterocycles. The van der Waals surface area contributed by atoms with Crippen molar-refractivity contribution in [2.45, 2.75) is 16.4 Å². The molecule has 0 saturated carbocycles. The molecule has 10 heteroatoms. The third kappa shape index (κ3) is 4.40. The summed E-state index contributed by atoms with van der Waals surface area (Å²) < 4.78 is 7.38. The van der Waals surface area contributed by atoms with Crippen LogP contribution in [-0.4, -0.2) is 28.9 Å². The van der Waals surface area contributed by atoms with Gasteiger partial charge in [0, 0.05) is 5.56 Å². The molecule has 0 saturated heterocycles. The summed E-state index contributed by atoms with van der Waals surface area (Å²) in [4.78, 5) is 43.8. The number of hydrazone groups is 1. The van der Waals surface area contributed by atoms with E-state index in [1.165, 1.54) is 34.2 Å². The van der Waals surface area contributed by atoms with Gasteiger partial charge < -0.3 is 4.42 Å². The summed E-state index contributed by atoms with van der Waals surface area (Å²) in [7, 11) is 0. The second kappa shape index (κ2) is 9.73. The van der Waals surface area contributed by atoms with Gasteiger partial charge in [0.1, 0.15) is 5.76 Å². The monoisotopic (exact) mass is 538 g/mol. The Bertz CT molecular complexity index is 1740. The van der Waals surface area contributed by atoms with Crippen molar-refractivity contribution in [3.63, 3.8) is 0 Å². The van der Waals surface area contributed by atoms with Crippen LogP contribution in [-0.2, 0) is 0 Å². The predicted octanol–water partition coefficient (Wildman–Crippen LogP) is 5.91. The van der Waals surface area contributed by atoms with Gasteiger partial charge in [0.25, 0.3) is 17.7 Å². The molecule has 5 aromatic rings. The van der Waals surface area contributed by atoms with Crippen LogP contribution in [0.4, 0.5) is 5.69 Å². The van der Waals surface area contributed by atoms with Gasteiger partial charge in [-0.2, -0.15) is 5.10 Å². The third-order valence-electron chi connectivity index (χ3n) is 5.94. The number of anilines is 1. The summed E-state index contributed by atoms with van der Waals surface area (Å²) in [5, 5.41) is 4.60. The molecule has 0 atom stereocenters. The van der Waals surface area contributed by atoms with Crippen LogP contribution in [0, 0.1) is 6.92 Å². The molecule has 3 heterocycles. The zero-order valence-corrected chi connectivity index (χ0v) is 21.5. The minimum absolute atomic E-state index is 0.296. The Morgan fingerprint density at radius 1 is 1.00 bits per heavy atom. The van der Waals surface area contributed by atoms with Gasteiger partial charge >= 0.3 is 0 Å². The van der Waals surface area contributed by atoms with Gasteiger partial charge in [0.15, 0.2) is 9.43 Å². The molecular weight excluding hydrogens is 520 g/mol. The molecule has 0 aliphatic carbocycles. The van der Waals surface area contributed by atoms with Gasteiger partial charge in [-0.25, -0.2) is 15.3 Å². The van der Waals surface area contributed by atoms with Crippen LogP contribution in [0.2, 0.25) is 0 Å². The van der Waals surface area contributed by atoms with Crippen molar-refractivity contribution in [1.82, 2.24) is 10.4 Å². The standard InChI is InChI=1S/C28H18N4O4S2/c1-16-6-2-3-7-19(16)25(33)31-29-15-18-11-13-24(36-18)38-28-30-22-12-10-17(14-23(22)37-28)32-26(34)20-8-4-5-9-21(20)27(32)35/h2-15H,1H3,(H,31,33)/b29-15-. The summed E-state index contributed by atoms with van der Waals surface area (Å²) in [5.41, 5.74) is 6.01. The molecule has 38 heavy (non-hydrogen) atoms. The highest BCUT2D eigenvalue weighted by Crippen LogP contribution is 2.37. The van der Waals surface area contributed by atoms with Crippen LogP contribution in [0.15, 0.2) is 97.8 Å². The zero-order valence-electron chi connectivity index (χ0n) is 19.9. The number of nitrogens with one attached hydrogen (secondary N) is 1. The van der Waals surface area contributed by atoms with Gasteiger partial charge in [0.05, 0.1) is 33.2 Å². The largest absolute Gasteiger partial charge is 0.448 e. The summed E-state index contributed by atoms with van der Waals surface area (Å²) in [6.07, 6.45) is 1.44. The second-order valence-corrected chi connectivity index (χ2v) is 10.7. The molecule has 3 amide bonds. The molecule has 0 radical (unpaired) electrons. The Hall–Kier alpha value is -4.54. The van der Waals surface area contributed by atoms with Gasteiger partial charge in [-0.1, -0.05) is 30.3 Å². The number of aryl methyl sites for hydroxylation is 1. The SMILES string of the molecule is Cc1ccccc1C(=O)N/N=C\c1ccc(Sc2nc3ccc(N4C(=O)c5ccccc5C4=O)cc3s2)o1. The van der Waals surface area contributed by atoms with Crippen LogP contribution >= 0.6 is 23.1 Å². The van der Waals surface area contributed by atoms with E-state index in [1.807, 2.05) is 19.1 Å². The number of hydrogen-bond donors (Lipinski definition) is 1. The van der Waals surface area contributed by atoms with E-state index in [0.29, 0.717) is 33.2 Å². The fourth-order valence-electron chi connectivity index (χ4n) is 4.09. The molecular formula is C28H18N4O4S2. The van der Waals surface area contributed by atoms with E-state index in [0.717, 1.165) is 20.1 Å². The smallest absolute Gasteiger partial charge is 0.271 e. The van der Waals surface area contributed by atoms with Crippen molar-refractivity contribution >= 4 is 62.9 Å². The number of aromatic nitrogens is 1. The lowest BCUT2D eigenvalue weighted by Gasteiger charge is -2.13. The number of nitrogens with zero attached hydrogens (tertiary/aromatic N) is 3. The Morgan fingerprint density at radius 3 is 2.50 bits per heavy atom. The molecule has 0 bridgehead atoms. The average Bonchev–Trinajstić information content (AvgIpc) is 3.60. The first-order valence-corrected chi connectivity index (χ1v) is 13.2. The zero-order chi connectivity index (χ0) is 26.2. The van der Waals surface area contributed by atoms with E-state index in [2.05, 4.69) is 15.5 Å². The van der Waals surface area contributed by atoms with Crippen molar-refractivity contribution in [3.8, 4) is 0 Å². The number of furan rings is 1. The molecule has 3 aromatic carbocycles. The predicted molar refractivity (Wildman–Crippen MR) is 146 cm³/mol. The lowest BCUT2D eigenvalue weighted by Crippen LogP contribution is -2.29. The quantitative estimate of drug-likeness (QED) is 0.164. The van der Waals surface area contributed by atoms with E-state index >= 15 is 0 Å². The highest BCUT2D eigenvalue weighted by atomic mass is 32.2. The summed E-state index contributed by atoms with van der Waals surface area (Å²) in [5.74, 6) is -0.477. The molecule has 0 unspecified atom stereocenters. The molecule has 0 spiro atoms. The van der Waals surface area contributed by atoms with E-state index in [4.69, 9.17) is 4.42 Å². The summed E-state index contributed by atoms with van der Waals surface area (Å²) >= 11 is 2.78. The van der Waals surface area contributed by atoms with Gasteiger partial charge in [-0.3, -0.25) is 14.4 Å². The normalized spacial score (nSPS) is 13.0. The van der Waals surface area contributed by atoms with Crippen LogP contribution in [0.3, 0.4) is 0 Å². The molecule has 8 nitrogen and oxygen atoms in total. The number of amides is 3.